The number of amides is 2. The third kappa shape index (κ3) is 4.77. The number of aromatic nitrogens is 3. The molecule has 0 unspecified atom stereocenters. The van der Waals surface area contributed by atoms with E-state index in [0.29, 0.717) is 18.7 Å². The molecule has 1 atom stereocenters. The van der Waals surface area contributed by atoms with E-state index < -0.39 is 24.0 Å². The van der Waals surface area contributed by atoms with Crippen LogP contribution in [0.2, 0.25) is 0 Å². The van der Waals surface area contributed by atoms with Gasteiger partial charge in [0.25, 0.3) is 11.8 Å². The van der Waals surface area contributed by atoms with Gasteiger partial charge in [0.2, 0.25) is 5.82 Å². The van der Waals surface area contributed by atoms with E-state index in [4.69, 9.17) is 9.15 Å². The van der Waals surface area contributed by atoms with Crippen molar-refractivity contribution < 1.29 is 36.4 Å². The number of alkyl halides is 3. The molecule has 0 spiro atoms. The fraction of sp³-hybridized carbons (Fsp3) is 0.261. The van der Waals surface area contributed by atoms with Crippen molar-refractivity contribution in [1.82, 2.24) is 25.3 Å². The van der Waals surface area contributed by atoms with Crippen molar-refractivity contribution >= 4 is 22.8 Å². The van der Waals surface area contributed by atoms with Gasteiger partial charge in [-0.25, -0.2) is 0 Å². The summed E-state index contributed by atoms with van der Waals surface area (Å²) in [7, 11) is 0. The first kappa shape index (κ1) is 23.5. The molecule has 0 bridgehead atoms. The molecule has 36 heavy (non-hydrogen) atoms. The number of halogens is 3. The molecule has 5 rings (SSSR count). The van der Waals surface area contributed by atoms with Crippen LogP contribution < -0.4 is 5.32 Å². The quantitative estimate of drug-likeness (QED) is 0.442. The molecule has 4 heterocycles. The molecule has 10 nitrogen and oxygen atoms in total. The number of ether oxygens (including phenoxy) is 1. The van der Waals surface area contributed by atoms with Gasteiger partial charge in [-0.15, -0.1) is 0 Å². The molecule has 1 saturated heterocycles. The lowest BCUT2D eigenvalue weighted by Crippen LogP contribution is -2.53. The summed E-state index contributed by atoms with van der Waals surface area (Å²) in [6.07, 6.45) is -3.60. The minimum Gasteiger partial charge on any atom is -0.451 e. The van der Waals surface area contributed by atoms with Crippen molar-refractivity contribution in [3.63, 3.8) is 0 Å². The molecule has 4 aromatic rings. The number of nitrogens with zero attached hydrogens (tertiary/aromatic N) is 4. The van der Waals surface area contributed by atoms with Gasteiger partial charge >= 0.3 is 12.1 Å². The number of furan rings is 1. The molecular formula is C23H18F3N5O5. The Labute approximate surface area is 201 Å². The zero-order chi connectivity index (χ0) is 25.3. The van der Waals surface area contributed by atoms with Crippen LogP contribution in [0.3, 0.4) is 0 Å². The summed E-state index contributed by atoms with van der Waals surface area (Å²) >= 11 is 0. The Hall–Kier alpha value is -4.26. The smallest absolute Gasteiger partial charge is 0.451 e. The van der Waals surface area contributed by atoms with Crippen LogP contribution in [0.5, 0.6) is 0 Å². The molecular weight excluding hydrogens is 483 g/mol. The van der Waals surface area contributed by atoms with Gasteiger partial charge < -0.3 is 23.9 Å². The number of hydrogen-bond acceptors (Lipinski definition) is 8. The minimum atomic E-state index is -4.76. The first-order chi connectivity index (χ1) is 17.3. The fourth-order valence-electron chi connectivity index (χ4n) is 3.74. The van der Waals surface area contributed by atoms with E-state index in [-0.39, 0.29) is 41.9 Å². The zero-order valence-electron chi connectivity index (χ0n) is 18.5. The van der Waals surface area contributed by atoms with Crippen LogP contribution in [-0.2, 0) is 10.9 Å². The molecule has 1 aromatic carbocycles. The largest absolute Gasteiger partial charge is 0.471 e. The van der Waals surface area contributed by atoms with Crippen molar-refractivity contribution in [2.75, 3.05) is 26.3 Å². The molecule has 2 amide bonds. The van der Waals surface area contributed by atoms with E-state index in [0.717, 1.165) is 5.39 Å². The summed E-state index contributed by atoms with van der Waals surface area (Å²) in [5.41, 5.74) is 0.767. The Kier molecular flexibility index (Phi) is 6.14. The van der Waals surface area contributed by atoms with Crippen molar-refractivity contribution in [3.05, 3.63) is 66.0 Å². The van der Waals surface area contributed by atoms with Gasteiger partial charge in [-0.05, 0) is 24.3 Å². The van der Waals surface area contributed by atoms with Crippen LogP contribution in [0.15, 0.2) is 57.6 Å². The van der Waals surface area contributed by atoms with Crippen molar-refractivity contribution in [3.8, 4) is 11.4 Å². The highest BCUT2D eigenvalue weighted by atomic mass is 19.4. The Morgan fingerprint density at radius 3 is 2.72 bits per heavy atom. The molecule has 1 aliphatic heterocycles. The van der Waals surface area contributed by atoms with E-state index in [1.165, 1.54) is 18.3 Å². The SMILES string of the molecule is O=C(NC[C@H]1COCCN1C(=O)c1cc2ccccc2o1)c1ccc(-c2noc(C(F)(F)F)n2)cn1. The molecule has 3 aromatic heterocycles. The number of para-hydroxylation sites is 1. The molecule has 0 saturated carbocycles. The van der Waals surface area contributed by atoms with Crippen LogP contribution in [0.25, 0.3) is 22.4 Å². The second kappa shape index (κ2) is 9.41. The third-order valence-electron chi connectivity index (χ3n) is 5.55. The van der Waals surface area contributed by atoms with Crippen LogP contribution in [0, 0.1) is 0 Å². The topological polar surface area (TPSA) is 124 Å². The van der Waals surface area contributed by atoms with Gasteiger partial charge in [0, 0.05) is 30.2 Å². The Balaban J connectivity index is 1.23. The van der Waals surface area contributed by atoms with Gasteiger partial charge in [-0.2, -0.15) is 18.2 Å². The molecule has 1 aliphatic rings. The third-order valence-corrected chi connectivity index (χ3v) is 5.55. The summed E-state index contributed by atoms with van der Waals surface area (Å²) in [4.78, 5) is 34.5. The normalized spacial score (nSPS) is 16.3. The summed E-state index contributed by atoms with van der Waals surface area (Å²) in [6.45, 7) is 0.992. The number of pyridine rings is 1. The number of benzene rings is 1. The monoisotopic (exact) mass is 501 g/mol. The Bertz CT molecular complexity index is 1370. The first-order valence-corrected chi connectivity index (χ1v) is 10.8. The van der Waals surface area contributed by atoms with Gasteiger partial charge in [0.1, 0.15) is 11.3 Å². The maximum absolute atomic E-state index is 13.1. The predicted octanol–water partition coefficient (Wildman–Crippen LogP) is 3.17. The van der Waals surface area contributed by atoms with Gasteiger partial charge in [0.15, 0.2) is 5.76 Å². The average Bonchev–Trinajstić information content (AvgIpc) is 3.55. The molecule has 186 valence electrons. The lowest BCUT2D eigenvalue weighted by Gasteiger charge is -2.35. The van der Waals surface area contributed by atoms with Gasteiger partial charge in [-0.3, -0.25) is 14.6 Å². The van der Waals surface area contributed by atoms with Crippen LogP contribution in [-0.4, -0.2) is 64.2 Å². The zero-order valence-corrected chi connectivity index (χ0v) is 18.5. The predicted molar refractivity (Wildman–Crippen MR) is 117 cm³/mol. The van der Waals surface area contributed by atoms with E-state index in [2.05, 4.69) is 25.0 Å². The summed E-state index contributed by atoms with van der Waals surface area (Å²) in [5.74, 6) is -2.43. The van der Waals surface area contributed by atoms with Crippen LogP contribution in [0.1, 0.15) is 26.9 Å². The standard InChI is InChI=1S/C23H18F3N5O5/c24-23(25,26)22-29-19(30-36-22)14-5-6-16(27-10-14)20(32)28-11-15-12-34-8-7-31(15)21(33)18-9-13-3-1-2-4-17(13)35-18/h1-6,9-10,15H,7-8,11-12H2,(H,28,32)/t15-/m0/s1. The van der Waals surface area contributed by atoms with E-state index in [9.17, 15) is 22.8 Å². The number of carbonyl (C=O) groups excluding carboxylic acids is 2. The van der Waals surface area contributed by atoms with Gasteiger partial charge in [0.05, 0.1) is 19.3 Å². The highest BCUT2D eigenvalue weighted by Crippen LogP contribution is 2.29. The number of hydrogen-bond donors (Lipinski definition) is 1. The number of morpholine rings is 1. The van der Waals surface area contributed by atoms with Crippen LogP contribution >= 0.6 is 0 Å². The number of fused-ring (bicyclic) bond motifs is 1. The lowest BCUT2D eigenvalue weighted by atomic mass is 10.2. The maximum atomic E-state index is 13.1. The summed E-state index contributed by atoms with van der Waals surface area (Å²) in [6, 6.07) is 11.2. The second-order valence-electron chi connectivity index (χ2n) is 7.94. The molecule has 1 N–H and O–H groups in total. The average molecular weight is 501 g/mol. The van der Waals surface area contributed by atoms with Crippen molar-refractivity contribution in [1.29, 1.82) is 0 Å². The molecule has 0 radical (unpaired) electrons. The first-order valence-electron chi connectivity index (χ1n) is 10.8. The van der Waals surface area contributed by atoms with Crippen LogP contribution in [0.4, 0.5) is 13.2 Å². The molecule has 1 fully saturated rings. The van der Waals surface area contributed by atoms with E-state index >= 15 is 0 Å². The minimum absolute atomic E-state index is 0.0187. The Morgan fingerprint density at radius 2 is 2.00 bits per heavy atom. The number of nitrogens with one attached hydrogen (secondary N) is 1. The second-order valence-corrected chi connectivity index (χ2v) is 7.94. The van der Waals surface area contributed by atoms with E-state index in [1.807, 2.05) is 18.2 Å². The highest BCUT2D eigenvalue weighted by Gasteiger charge is 2.38. The van der Waals surface area contributed by atoms with Gasteiger partial charge in [-0.1, -0.05) is 23.4 Å². The fourth-order valence-corrected chi connectivity index (χ4v) is 3.74. The lowest BCUT2D eigenvalue weighted by molar-refractivity contribution is -0.159. The maximum Gasteiger partial charge on any atom is 0.471 e. The highest BCUT2D eigenvalue weighted by molar-refractivity contribution is 5.96. The molecule has 0 aliphatic carbocycles. The summed E-state index contributed by atoms with van der Waals surface area (Å²) < 4.78 is 53.3. The van der Waals surface area contributed by atoms with E-state index in [1.54, 1.807) is 17.0 Å². The van der Waals surface area contributed by atoms with Crippen molar-refractivity contribution in [2.45, 2.75) is 12.2 Å². The molecule has 13 heteroatoms. The number of rotatable bonds is 5. The Morgan fingerprint density at radius 1 is 1.17 bits per heavy atom. The summed E-state index contributed by atoms with van der Waals surface area (Å²) in [5, 5.41) is 6.80. The van der Waals surface area contributed by atoms with Crippen molar-refractivity contribution in [2.24, 2.45) is 0 Å². The number of carbonyl (C=O) groups is 2.